The van der Waals surface area contributed by atoms with E-state index < -0.39 is 3.79 Å². The van der Waals surface area contributed by atoms with Gasteiger partial charge < -0.3 is 9.47 Å². The molecule has 0 fully saturated rings. The highest BCUT2D eigenvalue weighted by atomic mass is 35.6. The van der Waals surface area contributed by atoms with Crippen LogP contribution in [0.25, 0.3) is 0 Å². The van der Waals surface area contributed by atoms with E-state index in [0.29, 0.717) is 0 Å². The molecule has 0 saturated carbocycles. The molecule has 29 heavy (non-hydrogen) atoms. The number of hydrogen-bond donors (Lipinski definition) is 0. The number of rotatable bonds is 12. The van der Waals surface area contributed by atoms with Gasteiger partial charge >= 0.3 is 0 Å². The van der Waals surface area contributed by atoms with Crippen LogP contribution in [0, 0.1) is 0 Å². The van der Waals surface area contributed by atoms with Crippen LogP contribution in [0.1, 0.15) is 69.4 Å². The predicted molar refractivity (Wildman–Crippen MR) is 125 cm³/mol. The summed E-state index contributed by atoms with van der Waals surface area (Å²) in [6.07, 6.45) is 6.81. The van der Waals surface area contributed by atoms with E-state index in [4.69, 9.17) is 44.3 Å². The maximum Gasteiger partial charge on any atom is 0.201 e. The number of hydrogen-bond acceptors (Lipinski definition) is 2. The van der Waals surface area contributed by atoms with E-state index in [0.717, 1.165) is 48.7 Å². The second-order valence-corrected chi connectivity index (χ2v) is 9.59. The molecule has 2 rings (SSSR count). The van der Waals surface area contributed by atoms with Gasteiger partial charge in [-0.1, -0.05) is 98.6 Å². The third-order valence-corrected chi connectivity index (χ3v) is 5.44. The minimum Gasteiger partial charge on any atom is -0.494 e. The Morgan fingerprint density at radius 3 is 1.34 bits per heavy atom. The topological polar surface area (TPSA) is 18.5 Å². The van der Waals surface area contributed by atoms with Crippen LogP contribution in [0.2, 0.25) is 0 Å². The lowest BCUT2D eigenvalue weighted by molar-refractivity contribution is 0.306. The van der Waals surface area contributed by atoms with Crippen molar-refractivity contribution in [3.63, 3.8) is 0 Å². The summed E-state index contributed by atoms with van der Waals surface area (Å²) in [6, 6.07) is 15.6. The molecule has 2 nitrogen and oxygen atoms in total. The third kappa shape index (κ3) is 8.28. The van der Waals surface area contributed by atoms with Crippen LogP contribution in [-0.2, 0) is 0 Å². The number of unbranched alkanes of at least 4 members (excludes halogenated alkanes) is 4. The quantitative estimate of drug-likeness (QED) is 0.235. The molecule has 0 bridgehead atoms. The Kier molecular flexibility index (Phi) is 10.5. The highest BCUT2D eigenvalue weighted by molar-refractivity contribution is 6.68. The van der Waals surface area contributed by atoms with Gasteiger partial charge in [0.05, 0.1) is 19.1 Å². The molecule has 0 unspecified atom stereocenters. The van der Waals surface area contributed by atoms with Gasteiger partial charge in [0, 0.05) is 0 Å². The van der Waals surface area contributed by atoms with Crippen molar-refractivity contribution in [3.8, 4) is 11.5 Å². The van der Waals surface area contributed by atoms with Crippen LogP contribution in [0.5, 0.6) is 11.5 Å². The summed E-state index contributed by atoms with van der Waals surface area (Å²) in [6.45, 7) is 5.80. The molecular formula is C24H31Cl3O2. The van der Waals surface area contributed by atoms with E-state index >= 15 is 0 Å². The molecular weight excluding hydrogens is 427 g/mol. The van der Waals surface area contributed by atoms with Gasteiger partial charge in [0.25, 0.3) is 0 Å². The molecule has 0 aliphatic heterocycles. The van der Waals surface area contributed by atoms with Crippen molar-refractivity contribution in [2.75, 3.05) is 13.2 Å². The second kappa shape index (κ2) is 12.6. The van der Waals surface area contributed by atoms with Crippen molar-refractivity contribution in [3.05, 3.63) is 59.7 Å². The van der Waals surface area contributed by atoms with Crippen molar-refractivity contribution < 1.29 is 9.47 Å². The Balaban J connectivity index is 2.07. The molecule has 0 amide bonds. The van der Waals surface area contributed by atoms with Gasteiger partial charge in [0.15, 0.2) is 0 Å². The number of benzene rings is 2. The normalized spacial score (nSPS) is 11.7. The lowest BCUT2D eigenvalue weighted by Crippen LogP contribution is -2.18. The Hall–Kier alpha value is -1.09. The third-order valence-electron chi connectivity index (χ3n) is 4.79. The number of ether oxygens (including phenoxy) is 2. The van der Waals surface area contributed by atoms with Crippen molar-refractivity contribution in [2.45, 2.75) is 62.1 Å². The van der Waals surface area contributed by atoms with Crippen LogP contribution >= 0.6 is 34.8 Å². The van der Waals surface area contributed by atoms with Crippen LogP contribution < -0.4 is 9.47 Å². The van der Waals surface area contributed by atoms with Crippen molar-refractivity contribution in [1.82, 2.24) is 0 Å². The summed E-state index contributed by atoms with van der Waals surface area (Å²) < 4.78 is 10.1. The standard InChI is InChI=1S/C24H31Cl3O2/c1-3-5-7-17-28-21-13-9-19(10-14-21)23(24(25,26)27)20-11-15-22(16-12-20)29-18-8-6-4-2/h9-16,23H,3-8,17-18H2,1-2H3. The highest BCUT2D eigenvalue weighted by Crippen LogP contribution is 2.46. The summed E-state index contributed by atoms with van der Waals surface area (Å²) in [5, 5.41) is 0. The van der Waals surface area contributed by atoms with E-state index in [2.05, 4.69) is 13.8 Å². The molecule has 5 heteroatoms. The van der Waals surface area contributed by atoms with Gasteiger partial charge in [-0.2, -0.15) is 0 Å². The SMILES string of the molecule is CCCCCOc1ccc(C(c2ccc(OCCCCC)cc2)C(Cl)(Cl)Cl)cc1. The zero-order chi connectivity index (χ0) is 21.1. The summed E-state index contributed by atoms with van der Waals surface area (Å²) in [5.41, 5.74) is 1.87. The predicted octanol–water partition coefficient (Wildman–Crippen LogP) is 8.33. The summed E-state index contributed by atoms with van der Waals surface area (Å²) >= 11 is 19.1. The molecule has 0 spiro atoms. The summed E-state index contributed by atoms with van der Waals surface area (Å²) in [5.74, 6) is 1.29. The molecule has 160 valence electrons. The molecule has 0 saturated heterocycles. The first kappa shape index (κ1) is 24.2. The van der Waals surface area contributed by atoms with Gasteiger partial charge in [-0.15, -0.1) is 0 Å². The van der Waals surface area contributed by atoms with Gasteiger partial charge in [-0.05, 0) is 48.2 Å². The van der Waals surface area contributed by atoms with Gasteiger partial charge in [-0.25, -0.2) is 0 Å². The summed E-state index contributed by atoms with van der Waals surface area (Å²) in [7, 11) is 0. The fourth-order valence-corrected chi connectivity index (χ4v) is 3.92. The largest absolute Gasteiger partial charge is 0.494 e. The first-order chi connectivity index (χ1) is 14.0. The maximum absolute atomic E-state index is 6.35. The van der Waals surface area contributed by atoms with E-state index in [1.165, 1.54) is 25.7 Å². The minimum atomic E-state index is -1.47. The zero-order valence-electron chi connectivity index (χ0n) is 17.3. The van der Waals surface area contributed by atoms with Crippen LogP contribution in [-0.4, -0.2) is 17.0 Å². The zero-order valence-corrected chi connectivity index (χ0v) is 19.6. The second-order valence-electron chi connectivity index (χ2n) is 7.22. The van der Waals surface area contributed by atoms with Crippen LogP contribution in [0.15, 0.2) is 48.5 Å². The monoisotopic (exact) mass is 456 g/mol. The molecule has 2 aromatic carbocycles. The maximum atomic E-state index is 6.35. The molecule has 0 aliphatic rings. The molecule has 0 atom stereocenters. The van der Waals surface area contributed by atoms with E-state index in [1.54, 1.807) is 0 Å². The van der Waals surface area contributed by atoms with Crippen molar-refractivity contribution in [2.24, 2.45) is 0 Å². The molecule has 0 aromatic heterocycles. The smallest absolute Gasteiger partial charge is 0.201 e. The Morgan fingerprint density at radius 2 is 1.03 bits per heavy atom. The highest BCUT2D eigenvalue weighted by Gasteiger charge is 2.35. The molecule has 0 N–H and O–H groups in total. The van der Waals surface area contributed by atoms with Crippen molar-refractivity contribution >= 4 is 34.8 Å². The van der Waals surface area contributed by atoms with Gasteiger partial charge in [0.1, 0.15) is 11.5 Å². The minimum absolute atomic E-state index is 0.379. The Labute approximate surface area is 190 Å². The summed E-state index contributed by atoms with van der Waals surface area (Å²) in [4.78, 5) is 0. The molecule has 0 heterocycles. The fourth-order valence-electron chi connectivity index (χ4n) is 3.17. The Morgan fingerprint density at radius 1 is 0.655 bits per heavy atom. The first-order valence-corrected chi connectivity index (χ1v) is 11.6. The fraction of sp³-hybridized carbons (Fsp3) is 0.500. The van der Waals surface area contributed by atoms with E-state index in [-0.39, 0.29) is 5.92 Å². The van der Waals surface area contributed by atoms with Gasteiger partial charge in [-0.3, -0.25) is 0 Å². The number of halogens is 3. The van der Waals surface area contributed by atoms with Gasteiger partial charge in [0.2, 0.25) is 3.79 Å². The lowest BCUT2D eigenvalue weighted by atomic mass is 9.92. The first-order valence-electron chi connectivity index (χ1n) is 10.5. The van der Waals surface area contributed by atoms with Crippen molar-refractivity contribution in [1.29, 1.82) is 0 Å². The lowest BCUT2D eigenvalue weighted by Gasteiger charge is -2.26. The molecule has 2 aromatic rings. The van der Waals surface area contributed by atoms with E-state index in [1.807, 2.05) is 48.5 Å². The molecule has 0 radical (unpaired) electrons. The number of alkyl halides is 3. The Bertz CT molecular complexity index is 638. The molecule has 0 aliphatic carbocycles. The average molecular weight is 458 g/mol. The average Bonchev–Trinajstić information content (AvgIpc) is 2.70. The van der Waals surface area contributed by atoms with Crippen LogP contribution in [0.3, 0.4) is 0 Å². The van der Waals surface area contributed by atoms with Crippen LogP contribution in [0.4, 0.5) is 0 Å². The van der Waals surface area contributed by atoms with E-state index in [9.17, 15) is 0 Å².